The van der Waals surface area contributed by atoms with Gasteiger partial charge in [-0.1, -0.05) is 17.7 Å². The monoisotopic (exact) mass is 336 g/mol. The average Bonchev–Trinajstić information content (AvgIpc) is 2.69. The maximum absolute atomic E-state index is 6.14. The molecule has 4 nitrogen and oxygen atoms in total. The quantitative estimate of drug-likeness (QED) is 0.864. The predicted molar refractivity (Wildman–Crippen MR) is 96.6 cm³/mol. The molecule has 0 aliphatic heterocycles. The van der Waals surface area contributed by atoms with Gasteiger partial charge in [0.15, 0.2) is 5.11 Å². The van der Waals surface area contributed by atoms with Crippen LogP contribution in [0.2, 0.25) is 5.02 Å². The molecule has 0 spiro atoms. The zero-order valence-electron chi connectivity index (χ0n) is 13.6. The van der Waals surface area contributed by atoms with Crippen LogP contribution >= 0.6 is 23.8 Å². The maximum atomic E-state index is 6.14. The minimum absolute atomic E-state index is 0.655. The van der Waals surface area contributed by atoms with E-state index < -0.39 is 0 Å². The van der Waals surface area contributed by atoms with Crippen LogP contribution in [0.15, 0.2) is 18.2 Å². The van der Waals surface area contributed by atoms with E-state index in [2.05, 4.69) is 17.3 Å². The molecule has 1 heterocycles. The van der Waals surface area contributed by atoms with Gasteiger partial charge in [0, 0.05) is 42.6 Å². The Hall–Kier alpha value is -1.59. The van der Waals surface area contributed by atoms with Crippen LogP contribution in [-0.2, 0) is 13.6 Å². The van der Waals surface area contributed by atoms with Crippen molar-refractivity contribution in [2.45, 2.75) is 27.3 Å². The van der Waals surface area contributed by atoms with Crippen molar-refractivity contribution < 1.29 is 0 Å². The molecule has 0 unspecified atom stereocenters. The lowest BCUT2D eigenvalue weighted by atomic mass is 10.2. The third kappa shape index (κ3) is 3.59. The lowest BCUT2D eigenvalue weighted by Crippen LogP contribution is -2.31. The van der Waals surface area contributed by atoms with E-state index in [0.29, 0.717) is 5.11 Å². The van der Waals surface area contributed by atoms with Gasteiger partial charge in [-0.3, -0.25) is 4.68 Å². The van der Waals surface area contributed by atoms with Gasteiger partial charge in [0.1, 0.15) is 0 Å². The van der Waals surface area contributed by atoms with E-state index in [0.717, 1.165) is 34.2 Å². The number of aryl methyl sites for hydroxylation is 3. The van der Waals surface area contributed by atoms with Gasteiger partial charge in [-0.05, 0) is 50.7 Å². The van der Waals surface area contributed by atoms with E-state index in [-0.39, 0.29) is 0 Å². The first-order chi connectivity index (χ1) is 10.3. The number of thiocarbonyl (C=S) groups is 1. The Labute approximate surface area is 142 Å². The van der Waals surface area contributed by atoms with Crippen LogP contribution in [0, 0.1) is 20.8 Å². The summed E-state index contributed by atoms with van der Waals surface area (Å²) in [5, 5.41) is 9.04. The molecular formula is C16H21ClN4S. The molecular weight excluding hydrogens is 316 g/mol. The Morgan fingerprint density at radius 3 is 2.59 bits per heavy atom. The summed E-state index contributed by atoms with van der Waals surface area (Å²) in [5.74, 6) is 0. The maximum Gasteiger partial charge on any atom is 0.173 e. The van der Waals surface area contributed by atoms with E-state index in [1.807, 2.05) is 55.7 Å². The van der Waals surface area contributed by atoms with Gasteiger partial charge in [-0.15, -0.1) is 0 Å². The molecule has 0 saturated carbocycles. The van der Waals surface area contributed by atoms with E-state index in [9.17, 15) is 0 Å². The Balaban J connectivity index is 2.07. The number of nitrogens with one attached hydrogen (secondary N) is 1. The zero-order chi connectivity index (χ0) is 16.4. The number of benzene rings is 1. The zero-order valence-corrected chi connectivity index (χ0v) is 15.1. The van der Waals surface area contributed by atoms with Crippen LogP contribution in [0.3, 0.4) is 0 Å². The second kappa shape index (κ2) is 6.67. The largest absolute Gasteiger partial charge is 0.348 e. The van der Waals surface area contributed by atoms with Crippen molar-refractivity contribution in [3.8, 4) is 0 Å². The van der Waals surface area contributed by atoms with E-state index in [4.69, 9.17) is 23.8 Å². The molecule has 1 aromatic carbocycles. The summed E-state index contributed by atoms with van der Waals surface area (Å²) < 4.78 is 1.90. The molecule has 2 aromatic rings. The van der Waals surface area contributed by atoms with Crippen LogP contribution in [0.1, 0.15) is 22.5 Å². The Morgan fingerprint density at radius 2 is 2.05 bits per heavy atom. The van der Waals surface area contributed by atoms with Crippen molar-refractivity contribution in [2.24, 2.45) is 7.05 Å². The van der Waals surface area contributed by atoms with Crippen molar-refractivity contribution >= 4 is 34.6 Å². The normalized spacial score (nSPS) is 10.6. The highest BCUT2D eigenvalue weighted by molar-refractivity contribution is 7.80. The number of aromatic nitrogens is 2. The lowest BCUT2D eigenvalue weighted by Gasteiger charge is -2.21. The fraction of sp³-hybridized carbons (Fsp3) is 0.375. The van der Waals surface area contributed by atoms with Gasteiger partial charge in [0.25, 0.3) is 0 Å². The molecule has 2 rings (SSSR count). The number of hydrogen-bond donors (Lipinski definition) is 1. The topological polar surface area (TPSA) is 33.1 Å². The van der Waals surface area contributed by atoms with Crippen LogP contribution in [-0.4, -0.2) is 26.8 Å². The van der Waals surface area contributed by atoms with Crippen LogP contribution in [0.5, 0.6) is 0 Å². The molecule has 0 atom stereocenters. The molecule has 22 heavy (non-hydrogen) atoms. The summed E-state index contributed by atoms with van der Waals surface area (Å²) in [7, 11) is 3.92. The smallest absolute Gasteiger partial charge is 0.173 e. The minimum Gasteiger partial charge on any atom is -0.348 e. The molecule has 0 radical (unpaired) electrons. The van der Waals surface area contributed by atoms with Crippen molar-refractivity contribution in [1.82, 2.24) is 14.7 Å². The second-order valence-electron chi connectivity index (χ2n) is 5.52. The third-order valence-corrected chi connectivity index (χ3v) is 4.64. The second-order valence-corrected chi connectivity index (χ2v) is 6.32. The molecule has 0 amide bonds. The average molecular weight is 337 g/mol. The molecule has 0 saturated heterocycles. The number of nitrogens with zero attached hydrogens (tertiary/aromatic N) is 3. The summed E-state index contributed by atoms with van der Waals surface area (Å²) >= 11 is 11.6. The molecule has 1 aromatic heterocycles. The van der Waals surface area contributed by atoms with Crippen LogP contribution < -0.4 is 5.32 Å². The summed E-state index contributed by atoms with van der Waals surface area (Å²) in [6.45, 7) is 6.78. The highest BCUT2D eigenvalue weighted by Crippen LogP contribution is 2.21. The molecule has 6 heteroatoms. The fourth-order valence-electron chi connectivity index (χ4n) is 2.24. The standard InChI is InChI=1S/C16H21ClN4S/c1-10-6-7-13(8-15(10)17)18-16(22)20(4)9-14-11(2)19-21(5)12(14)3/h6-8H,9H2,1-5H3,(H,18,22). The minimum atomic E-state index is 0.655. The first-order valence-corrected chi connectivity index (χ1v) is 7.85. The number of anilines is 1. The summed E-state index contributed by atoms with van der Waals surface area (Å²) in [4.78, 5) is 2.00. The Kier molecular flexibility index (Phi) is 5.08. The van der Waals surface area contributed by atoms with Gasteiger partial charge < -0.3 is 10.2 Å². The lowest BCUT2D eigenvalue weighted by molar-refractivity contribution is 0.505. The number of hydrogen-bond acceptors (Lipinski definition) is 2. The van der Waals surface area contributed by atoms with E-state index in [1.54, 1.807) is 0 Å². The molecule has 0 fully saturated rings. The third-order valence-electron chi connectivity index (χ3n) is 3.82. The molecule has 0 aliphatic carbocycles. The molecule has 0 bridgehead atoms. The number of halogens is 1. The first kappa shape index (κ1) is 16.8. The van der Waals surface area contributed by atoms with Gasteiger partial charge in [0.05, 0.1) is 5.69 Å². The molecule has 1 N–H and O–H groups in total. The molecule has 118 valence electrons. The van der Waals surface area contributed by atoms with Gasteiger partial charge in [0.2, 0.25) is 0 Å². The van der Waals surface area contributed by atoms with Crippen molar-refractivity contribution in [3.63, 3.8) is 0 Å². The van der Waals surface area contributed by atoms with E-state index >= 15 is 0 Å². The number of rotatable bonds is 3. The highest BCUT2D eigenvalue weighted by Gasteiger charge is 2.13. The van der Waals surface area contributed by atoms with Crippen molar-refractivity contribution in [1.29, 1.82) is 0 Å². The summed E-state index contributed by atoms with van der Waals surface area (Å²) in [6.07, 6.45) is 0. The highest BCUT2D eigenvalue weighted by atomic mass is 35.5. The first-order valence-electron chi connectivity index (χ1n) is 7.07. The predicted octanol–water partition coefficient (Wildman–Crippen LogP) is 3.83. The van der Waals surface area contributed by atoms with Gasteiger partial charge in [-0.25, -0.2) is 0 Å². The fourth-order valence-corrected chi connectivity index (χ4v) is 2.61. The van der Waals surface area contributed by atoms with Crippen molar-refractivity contribution in [3.05, 3.63) is 45.7 Å². The summed E-state index contributed by atoms with van der Waals surface area (Å²) in [5.41, 5.74) is 5.34. The van der Waals surface area contributed by atoms with Gasteiger partial charge >= 0.3 is 0 Å². The summed E-state index contributed by atoms with van der Waals surface area (Å²) in [6, 6.07) is 5.84. The Bertz CT molecular complexity index is 708. The van der Waals surface area contributed by atoms with E-state index in [1.165, 1.54) is 5.56 Å². The van der Waals surface area contributed by atoms with Crippen LogP contribution in [0.4, 0.5) is 5.69 Å². The molecule has 0 aliphatic rings. The van der Waals surface area contributed by atoms with Gasteiger partial charge in [-0.2, -0.15) is 5.10 Å². The van der Waals surface area contributed by atoms with Crippen molar-refractivity contribution in [2.75, 3.05) is 12.4 Å². The Morgan fingerprint density at radius 1 is 1.36 bits per heavy atom. The van der Waals surface area contributed by atoms with Crippen LogP contribution in [0.25, 0.3) is 0 Å². The SMILES string of the molecule is Cc1ccc(NC(=S)N(C)Cc2c(C)nn(C)c2C)cc1Cl.